The zero-order valence-corrected chi connectivity index (χ0v) is 21.3. The Morgan fingerprint density at radius 2 is 1.89 bits per heavy atom. The zero-order chi connectivity index (χ0) is 26.2. The number of ether oxygens (including phenoxy) is 1. The quantitative estimate of drug-likeness (QED) is 0.501. The monoisotopic (exact) mass is 516 g/mol. The molecule has 1 atom stereocenters. The molecule has 1 aliphatic heterocycles. The lowest BCUT2D eigenvalue weighted by atomic mass is 9.86. The number of pyridine rings is 1. The van der Waals surface area contributed by atoms with Gasteiger partial charge in [0, 0.05) is 36.8 Å². The van der Waals surface area contributed by atoms with Crippen LogP contribution >= 0.6 is 11.6 Å². The van der Waals surface area contributed by atoms with E-state index in [4.69, 9.17) is 16.3 Å². The van der Waals surface area contributed by atoms with Gasteiger partial charge in [-0.1, -0.05) is 44.5 Å². The van der Waals surface area contributed by atoms with Gasteiger partial charge in [-0.05, 0) is 34.7 Å². The van der Waals surface area contributed by atoms with Crippen molar-refractivity contribution in [3.63, 3.8) is 0 Å². The summed E-state index contributed by atoms with van der Waals surface area (Å²) in [6, 6.07) is 7.79. The van der Waals surface area contributed by atoms with Crippen LogP contribution in [0.5, 0.6) is 0 Å². The molecule has 1 saturated heterocycles. The number of carbonyl (C=O) groups is 1. The predicted octanol–water partition coefficient (Wildman–Crippen LogP) is 4.50. The van der Waals surface area contributed by atoms with E-state index in [1.54, 1.807) is 22.8 Å². The topological polar surface area (TPSA) is 92.0 Å². The highest BCUT2D eigenvalue weighted by molar-refractivity contribution is 6.30. The number of halogens is 2. The van der Waals surface area contributed by atoms with E-state index in [1.165, 1.54) is 12.3 Å². The van der Waals surface area contributed by atoms with Crippen molar-refractivity contribution in [2.24, 2.45) is 5.41 Å². The normalized spacial score (nSPS) is 15.3. The fraction of sp³-hybridized carbons (Fsp3) is 0.407. The fourth-order valence-corrected chi connectivity index (χ4v) is 4.94. The minimum Gasteiger partial charge on any atom is -0.477 e. The van der Waals surface area contributed by atoms with E-state index in [-0.39, 0.29) is 29.0 Å². The summed E-state index contributed by atoms with van der Waals surface area (Å²) in [5.74, 6) is -1.88. The van der Waals surface area contributed by atoms with Crippen LogP contribution in [0.2, 0.25) is 5.02 Å². The third kappa shape index (κ3) is 4.98. The van der Waals surface area contributed by atoms with Crippen LogP contribution in [-0.4, -0.2) is 53.7 Å². The summed E-state index contributed by atoms with van der Waals surface area (Å²) in [6.45, 7) is 7.84. The molecular formula is C27H30ClFN2O5. The number of fused-ring (bicyclic) bond motifs is 1. The molecule has 36 heavy (non-hydrogen) atoms. The molecule has 0 radical (unpaired) electrons. The third-order valence-electron chi connectivity index (χ3n) is 6.74. The standard InChI is InChI=1S/C27H30ClFN2O5/c1-27(2,3)23(15-32)31-14-19(26(34)35)25(33)18-12-17(11-16-5-4-6-20(28)24(16)29)21(13-22(18)31)30-7-9-36-10-8-30/h4-6,12-14,23,32H,7-11,15H2,1-3H3,(H,34,35)/t23-/m1/s1. The summed E-state index contributed by atoms with van der Waals surface area (Å²) in [5, 5.41) is 20.3. The molecule has 2 heterocycles. The van der Waals surface area contributed by atoms with Crippen LogP contribution < -0.4 is 10.3 Å². The first kappa shape index (κ1) is 26.1. The second-order valence-electron chi connectivity index (χ2n) is 10.1. The average molecular weight is 517 g/mol. The largest absolute Gasteiger partial charge is 0.477 e. The highest BCUT2D eigenvalue weighted by Crippen LogP contribution is 2.36. The lowest BCUT2D eigenvalue weighted by Crippen LogP contribution is -2.37. The Balaban J connectivity index is 2.04. The molecule has 0 bridgehead atoms. The summed E-state index contributed by atoms with van der Waals surface area (Å²) in [4.78, 5) is 27.4. The van der Waals surface area contributed by atoms with Crippen LogP contribution in [-0.2, 0) is 11.2 Å². The minimum atomic E-state index is -1.35. The molecule has 4 rings (SSSR count). The molecule has 0 saturated carbocycles. The first-order valence-corrected chi connectivity index (χ1v) is 12.2. The van der Waals surface area contributed by atoms with Gasteiger partial charge in [-0.2, -0.15) is 0 Å². The molecule has 0 aliphatic carbocycles. The maximum absolute atomic E-state index is 14.8. The Hall–Kier alpha value is -2.94. The first-order chi connectivity index (χ1) is 17.0. The number of carboxylic acid groups (broad SMARTS) is 1. The number of hydrogen-bond acceptors (Lipinski definition) is 5. The van der Waals surface area contributed by atoms with Gasteiger partial charge in [-0.25, -0.2) is 9.18 Å². The minimum absolute atomic E-state index is 0.00713. The van der Waals surface area contributed by atoms with E-state index < -0.39 is 28.7 Å². The molecule has 2 aromatic carbocycles. The van der Waals surface area contributed by atoms with Crippen molar-refractivity contribution in [2.45, 2.75) is 33.2 Å². The van der Waals surface area contributed by atoms with E-state index in [0.29, 0.717) is 42.9 Å². The number of benzene rings is 2. The van der Waals surface area contributed by atoms with Crippen LogP contribution in [0.1, 0.15) is 48.3 Å². The van der Waals surface area contributed by atoms with Crippen molar-refractivity contribution >= 4 is 34.2 Å². The van der Waals surface area contributed by atoms with Gasteiger partial charge in [0.25, 0.3) is 0 Å². The van der Waals surface area contributed by atoms with E-state index in [2.05, 4.69) is 4.90 Å². The number of morpholine rings is 1. The second kappa shape index (κ2) is 10.2. The molecule has 1 aliphatic rings. The molecular weight excluding hydrogens is 487 g/mol. The number of carboxylic acids is 1. The summed E-state index contributed by atoms with van der Waals surface area (Å²) in [5.41, 5.74) is 0.906. The van der Waals surface area contributed by atoms with Crippen LogP contribution in [0.25, 0.3) is 10.9 Å². The summed E-state index contributed by atoms with van der Waals surface area (Å²) >= 11 is 6.01. The lowest BCUT2D eigenvalue weighted by Gasteiger charge is -2.34. The summed E-state index contributed by atoms with van der Waals surface area (Å²) < 4.78 is 22.0. The number of nitrogens with zero attached hydrogens (tertiary/aromatic N) is 2. The van der Waals surface area contributed by atoms with Crippen LogP contribution in [0.15, 0.2) is 41.3 Å². The Labute approximate surface area is 213 Å². The molecule has 3 aromatic rings. The van der Waals surface area contributed by atoms with Gasteiger partial charge in [0.05, 0.1) is 36.4 Å². The maximum Gasteiger partial charge on any atom is 0.341 e. The predicted molar refractivity (Wildman–Crippen MR) is 138 cm³/mol. The van der Waals surface area contributed by atoms with Gasteiger partial charge in [-0.3, -0.25) is 4.79 Å². The highest BCUT2D eigenvalue weighted by atomic mass is 35.5. The molecule has 0 spiro atoms. The number of rotatable bonds is 6. The number of aliphatic hydroxyl groups excluding tert-OH is 1. The number of aromatic nitrogens is 1. The Kier molecular flexibility index (Phi) is 7.41. The van der Waals surface area contributed by atoms with Gasteiger partial charge in [0.15, 0.2) is 0 Å². The van der Waals surface area contributed by atoms with Crippen LogP contribution in [0, 0.1) is 11.2 Å². The van der Waals surface area contributed by atoms with Crippen molar-refractivity contribution in [2.75, 3.05) is 37.8 Å². The van der Waals surface area contributed by atoms with E-state index >= 15 is 0 Å². The van der Waals surface area contributed by atoms with Crippen molar-refractivity contribution in [1.82, 2.24) is 4.57 Å². The van der Waals surface area contributed by atoms with Crippen LogP contribution in [0.4, 0.5) is 10.1 Å². The Morgan fingerprint density at radius 1 is 1.19 bits per heavy atom. The van der Waals surface area contributed by atoms with E-state index in [9.17, 15) is 24.2 Å². The highest BCUT2D eigenvalue weighted by Gasteiger charge is 2.29. The smallest absolute Gasteiger partial charge is 0.341 e. The number of aliphatic hydroxyl groups is 1. The summed E-state index contributed by atoms with van der Waals surface area (Å²) in [6.07, 6.45) is 1.48. The molecule has 192 valence electrons. The van der Waals surface area contributed by atoms with Crippen molar-refractivity contribution in [1.29, 1.82) is 0 Å². The van der Waals surface area contributed by atoms with Gasteiger partial charge in [0.1, 0.15) is 11.4 Å². The van der Waals surface area contributed by atoms with E-state index in [0.717, 1.165) is 5.69 Å². The molecule has 0 amide bonds. The maximum atomic E-state index is 14.8. The number of hydrogen-bond donors (Lipinski definition) is 2. The second-order valence-corrected chi connectivity index (χ2v) is 10.5. The third-order valence-corrected chi connectivity index (χ3v) is 7.03. The molecule has 1 aromatic heterocycles. The molecule has 9 heteroatoms. The lowest BCUT2D eigenvalue weighted by molar-refractivity contribution is 0.0692. The first-order valence-electron chi connectivity index (χ1n) is 11.8. The van der Waals surface area contributed by atoms with Crippen molar-refractivity contribution in [3.8, 4) is 0 Å². The molecule has 7 nitrogen and oxygen atoms in total. The Bertz CT molecular complexity index is 1360. The number of aromatic carboxylic acids is 1. The van der Waals surface area contributed by atoms with Gasteiger partial charge in [0.2, 0.25) is 5.43 Å². The molecule has 0 unspecified atom stereocenters. The van der Waals surface area contributed by atoms with Crippen molar-refractivity contribution < 1.29 is 24.1 Å². The Morgan fingerprint density at radius 3 is 2.50 bits per heavy atom. The van der Waals surface area contributed by atoms with Gasteiger partial charge >= 0.3 is 5.97 Å². The SMILES string of the molecule is CC(C)(C)[C@@H](CO)n1cc(C(=O)O)c(=O)c2cc(Cc3cccc(Cl)c3F)c(N3CCOCC3)cc21. The van der Waals surface area contributed by atoms with Crippen molar-refractivity contribution in [3.05, 3.63) is 74.3 Å². The van der Waals surface area contributed by atoms with Gasteiger partial charge < -0.3 is 24.4 Å². The van der Waals surface area contributed by atoms with Gasteiger partial charge in [-0.15, -0.1) is 0 Å². The zero-order valence-electron chi connectivity index (χ0n) is 20.6. The molecule has 2 N–H and O–H groups in total. The fourth-order valence-electron chi connectivity index (χ4n) is 4.75. The summed E-state index contributed by atoms with van der Waals surface area (Å²) in [7, 11) is 0. The van der Waals surface area contributed by atoms with E-state index in [1.807, 2.05) is 26.8 Å². The average Bonchev–Trinajstić information content (AvgIpc) is 2.83. The number of anilines is 1. The molecule has 1 fully saturated rings. The van der Waals surface area contributed by atoms with Crippen LogP contribution in [0.3, 0.4) is 0 Å².